The lowest BCUT2D eigenvalue weighted by Gasteiger charge is -2.16. The van der Waals surface area contributed by atoms with E-state index >= 15 is 0 Å². The molecule has 1 heterocycles. The third kappa shape index (κ3) is 7.44. The predicted octanol–water partition coefficient (Wildman–Crippen LogP) is 4.38. The Morgan fingerprint density at radius 3 is 2.59 bits per heavy atom. The molecule has 0 fully saturated rings. The van der Waals surface area contributed by atoms with Crippen molar-refractivity contribution in [1.82, 2.24) is 16.0 Å². The number of para-hydroxylation sites is 1. The summed E-state index contributed by atoms with van der Waals surface area (Å²) in [6.45, 7) is 7.75. The first-order valence-corrected chi connectivity index (χ1v) is 10.6. The zero-order chi connectivity index (χ0) is 22.1. The molecule has 1 amide bonds. The largest absolute Gasteiger partial charge is 0.484 e. The summed E-state index contributed by atoms with van der Waals surface area (Å²) in [6, 6.07) is 17.6. The maximum atomic E-state index is 11.6. The average molecular weight is 550 g/mol. The Labute approximate surface area is 206 Å². The molecule has 0 aliphatic carbocycles. The second-order valence-electron chi connectivity index (χ2n) is 7.14. The Hall–Kier alpha value is -2.75. The van der Waals surface area contributed by atoms with E-state index in [0.29, 0.717) is 24.8 Å². The summed E-state index contributed by atoms with van der Waals surface area (Å²) in [5.74, 6) is 2.06. The minimum atomic E-state index is -0.135. The maximum absolute atomic E-state index is 11.6. The van der Waals surface area contributed by atoms with E-state index in [0.717, 1.165) is 28.8 Å². The van der Waals surface area contributed by atoms with Crippen molar-refractivity contribution >= 4 is 46.8 Å². The lowest BCUT2D eigenvalue weighted by atomic mass is 10.2. The molecule has 1 aromatic heterocycles. The molecule has 0 saturated heterocycles. The van der Waals surface area contributed by atoms with Crippen LogP contribution in [0, 0.1) is 0 Å². The zero-order valence-electron chi connectivity index (χ0n) is 18.7. The van der Waals surface area contributed by atoms with E-state index in [1.807, 2.05) is 75.4 Å². The monoisotopic (exact) mass is 550 g/mol. The van der Waals surface area contributed by atoms with Crippen molar-refractivity contribution < 1.29 is 13.9 Å². The van der Waals surface area contributed by atoms with Crippen molar-refractivity contribution in [2.24, 2.45) is 4.99 Å². The van der Waals surface area contributed by atoms with Crippen LogP contribution in [0.1, 0.15) is 38.1 Å². The fourth-order valence-electron chi connectivity index (χ4n) is 3.11. The van der Waals surface area contributed by atoms with Crippen molar-refractivity contribution in [2.45, 2.75) is 33.4 Å². The molecular weight excluding hydrogens is 519 g/mol. The molecule has 2 aromatic carbocycles. The Bertz CT molecular complexity index is 1000. The van der Waals surface area contributed by atoms with Crippen LogP contribution in [0.15, 0.2) is 64.0 Å². The lowest BCUT2D eigenvalue weighted by molar-refractivity contribution is -0.122. The number of aliphatic imine (C=N–C) groups is 1. The summed E-state index contributed by atoms with van der Waals surface area (Å²) in [5.41, 5.74) is 1.86. The van der Waals surface area contributed by atoms with Crippen molar-refractivity contribution in [1.29, 1.82) is 0 Å². The third-order valence-corrected chi connectivity index (χ3v) is 4.63. The van der Waals surface area contributed by atoms with E-state index in [2.05, 4.69) is 20.9 Å². The highest BCUT2D eigenvalue weighted by molar-refractivity contribution is 14.0. The number of likely N-dealkylation sites (N-methyl/N-ethyl adjacent to an activating group) is 1. The molecule has 7 nitrogen and oxygen atoms in total. The molecular formula is C24H31IN4O3. The number of rotatable bonds is 9. The molecule has 8 heteroatoms. The second-order valence-corrected chi connectivity index (χ2v) is 7.14. The minimum Gasteiger partial charge on any atom is -0.484 e. The minimum absolute atomic E-state index is 0. The van der Waals surface area contributed by atoms with E-state index in [9.17, 15) is 4.79 Å². The van der Waals surface area contributed by atoms with Gasteiger partial charge in [-0.3, -0.25) is 4.79 Å². The van der Waals surface area contributed by atoms with Crippen molar-refractivity contribution in [2.75, 3.05) is 19.7 Å². The van der Waals surface area contributed by atoms with Crippen LogP contribution in [-0.4, -0.2) is 31.6 Å². The second kappa shape index (κ2) is 12.9. The molecule has 3 aromatic rings. The van der Waals surface area contributed by atoms with Crippen molar-refractivity contribution in [3.05, 3.63) is 65.9 Å². The summed E-state index contributed by atoms with van der Waals surface area (Å²) in [5, 5.41) is 10.5. The van der Waals surface area contributed by atoms with Crippen LogP contribution in [0.3, 0.4) is 0 Å². The van der Waals surface area contributed by atoms with Gasteiger partial charge >= 0.3 is 0 Å². The Morgan fingerprint density at radius 1 is 1.06 bits per heavy atom. The molecule has 1 unspecified atom stereocenters. The average Bonchev–Trinajstić information content (AvgIpc) is 3.21. The number of furan rings is 1. The maximum Gasteiger partial charge on any atom is 0.257 e. The van der Waals surface area contributed by atoms with E-state index < -0.39 is 0 Å². The fraction of sp³-hybridized carbons (Fsp3) is 0.333. The number of benzene rings is 2. The van der Waals surface area contributed by atoms with Gasteiger partial charge in [0.15, 0.2) is 12.6 Å². The Morgan fingerprint density at radius 2 is 1.84 bits per heavy atom. The molecule has 0 aliphatic heterocycles. The molecule has 0 bridgehead atoms. The number of carbonyl (C=O) groups excluding carboxylic acids is 1. The number of guanidine groups is 1. The van der Waals surface area contributed by atoms with E-state index in [4.69, 9.17) is 9.15 Å². The highest BCUT2D eigenvalue weighted by atomic mass is 127. The van der Waals surface area contributed by atoms with Gasteiger partial charge in [0.2, 0.25) is 0 Å². The zero-order valence-corrected chi connectivity index (χ0v) is 21.0. The van der Waals surface area contributed by atoms with Crippen LogP contribution < -0.4 is 20.7 Å². The quantitative estimate of drug-likeness (QED) is 0.209. The van der Waals surface area contributed by atoms with Crippen LogP contribution in [0.5, 0.6) is 5.75 Å². The SMILES string of the molecule is CCNC(=O)COc1cccc(CN=C(NCC)NC(C)c2cc3ccccc3o2)c1.I. The van der Waals surface area contributed by atoms with Gasteiger partial charge in [-0.2, -0.15) is 0 Å². The first-order valence-electron chi connectivity index (χ1n) is 10.6. The highest BCUT2D eigenvalue weighted by Gasteiger charge is 2.13. The summed E-state index contributed by atoms with van der Waals surface area (Å²) in [4.78, 5) is 16.3. The molecule has 0 saturated carbocycles. The first-order chi connectivity index (χ1) is 15.1. The fourth-order valence-corrected chi connectivity index (χ4v) is 3.11. The molecule has 0 spiro atoms. The van der Waals surface area contributed by atoms with Gasteiger partial charge in [0.25, 0.3) is 5.91 Å². The normalized spacial score (nSPS) is 12.0. The van der Waals surface area contributed by atoms with Gasteiger partial charge in [-0.25, -0.2) is 4.99 Å². The highest BCUT2D eigenvalue weighted by Crippen LogP contribution is 2.23. The van der Waals surface area contributed by atoms with Gasteiger partial charge in [-0.15, -0.1) is 24.0 Å². The Kier molecular flexibility index (Phi) is 10.3. The van der Waals surface area contributed by atoms with Gasteiger partial charge in [0.1, 0.15) is 17.1 Å². The number of halogens is 1. The summed E-state index contributed by atoms with van der Waals surface area (Å²) in [7, 11) is 0. The standard InChI is InChI=1S/C24H30N4O3.HI/c1-4-25-23(29)16-30-20-11-8-9-18(13-20)15-27-24(26-5-2)28-17(3)22-14-19-10-6-7-12-21(19)31-22;/h6-14,17H,4-5,15-16H2,1-3H3,(H,25,29)(H2,26,27,28);1H. The number of hydrogen-bond acceptors (Lipinski definition) is 4. The summed E-state index contributed by atoms with van der Waals surface area (Å²) < 4.78 is 11.5. The number of nitrogens with zero attached hydrogens (tertiary/aromatic N) is 1. The number of fused-ring (bicyclic) bond motifs is 1. The van der Waals surface area contributed by atoms with E-state index in [-0.39, 0.29) is 42.5 Å². The van der Waals surface area contributed by atoms with Crippen LogP contribution in [0.2, 0.25) is 0 Å². The van der Waals surface area contributed by atoms with Gasteiger partial charge in [0, 0.05) is 18.5 Å². The smallest absolute Gasteiger partial charge is 0.257 e. The topological polar surface area (TPSA) is 87.9 Å². The van der Waals surface area contributed by atoms with Crippen molar-refractivity contribution in [3.63, 3.8) is 0 Å². The Balaban J connectivity index is 0.00000363. The molecule has 0 radical (unpaired) electrons. The van der Waals surface area contributed by atoms with Crippen LogP contribution >= 0.6 is 24.0 Å². The number of amides is 1. The molecule has 3 N–H and O–H groups in total. The summed E-state index contributed by atoms with van der Waals surface area (Å²) >= 11 is 0. The number of hydrogen-bond donors (Lipinski definition) is 3. The van der Waals surface area contributed by atoms with Crippen LogP contribution in [0.4, 0.5) is 0 Å². The number of carbonyl (C=O) groups is 1. The van der Waals surface area contributed by atoms with E-state index in [1.54, 1.807) is 0 Å². The lowest BCUT2D eigenvalue weighted by Crippen LogP contribution is -2.38. The van der Waals surface area contributed by atoms with Gasteiger partial charge in [-0.05, 0) is 50.6 Å². The van der Waals surface area contributed by atoms with E-state index in [1.165, 1.54) is 0 Å². The molecule has 0 aliphatic rings. The number of ether oxygens (including phenoxy) is 1. The molecule has 172 valence electrons. The van der Waals surface area contributed by atoms with Crippen LogP contribution in [0.25, 0.3) is 11.0 Å². The first kappa shape index (κ1) is 25.5. The molecule has 3 rings (SSSR count). The predicted molar refractivity (Wildman–Crippen MR) is 139 cm³/mol. The van der Waals surface area contributed by atoms with Crippen LogP contribution in [-0.2, 0) is 11.3 Å². The molecule has 1 atom stereocenters. The van der Waals surface area contributed by atoms with Crippen molar-refractivity contribution in [3.8, 4) is 5.75 Å². The van der Waals surface area contributed by atoms with Gasteiger partial charge in [-0.1, -0.05) is 30.3 Å². The van der Waals surface area contributed by atoms with Gasteiger partial charge < -0.3 is 25.1 Å². The summed E-state index contributed by atoms with van der Waals surface area (Å²) in [6.07, 6.45) is 0. The molecule has 32 heavy (non-hydrogen) atoms. The third-order valence-electron chi connectivity index (χ3n) is 4.63. The number of nitrogens with one attached hydrogen (secondary N) is 3. The van der Waals surface area contributed by atoms with Gasteiger partial charge in [0.05, 0.1) is 12.6 Å².